The number of likely N-dealkylation sites (N-methyl/N-ethyl adjacent to an activating group) is 1. The van der Waals surface area contributed by atoms with Crippen LogP contribution in [0.3, 0.4) is 0 Å². The summed E-state index contributed by atoms with van der Waals surface area (Å²) in [5, 5.41) is 10.4. The zero-order valence-electron chi connectivity index (χ0n) is 41.8. The predicted octanol–water partition coefficient (Wildman–Crippen LogP) is 4.36. The van der Waals surface area contributed by atoms with Gasteiger partial charge < -0.3 is 49.9 Å². The molecule has 0 bridgehead atoms. The van der Waals surface area contributed by atoms with Gasteiger partial charge in [-0.25, -0.2) is 19.2 Å². The summed E-state index contributed by atoms with van der Waals surface area (Å²) in [7, 11) is 5.20. The number of nitrogens with one attached hydrogen (secondary N) is 4. The molecule has 0 spiro atoms. The maximum absolute atomic E-state index is 13.8. The van der Waals surface area contributed by atoms with Crippen molar-refractivity contribution in [3.05, 3.63) is 72.4 Å². The molecule has 374 valence electrons. The molecular weight excluding hydrogens is 867 g/mol. The van der Waals surface area contributed by atoms with Crippen molar-refractivity contribution in [2.24, 2.45) is 23.7 Å². The first-order valence-electron chi connectivity index (χ1n) is 22.3. The van der Waals surface area contributed by atoms with Crippen LogP contribution in [0.25, 0.3) is 0 Å². The fourth-order valence-electron chi connectivity index (χ4n) is 6.59. The molecule has 4 N–H and O–H groups in total. The molecule has 18 nitrogen and oxygen atoms in total. The molecule has 0 aromatic heterocycles. The molecule has 0 radical (unpaired) electrons. The Morgan fingerprint density at radius 1 is 0.761 bits per heavy atom. The summed E-state index contributed by atoms with van der Waals surface area (Å²) in [6.45, 7) is 20.2. The minimum absolute atomic E-state index is 0.00271. The lowest BCUT2D eigenvalue weighted by Crippen LogP contribution is -2.57. The average Bonchev–Trinajstić information content (AvgIpc) is 3.28. The Kier molecular flexibility index (Phi) is 25.4. The lowest BCUT2D eigenvalue weighted by molar-refractivity contribution is -0.151. The summed E-state index contributed by atoms with van der Waals surface area (Å²) in [6, 6.07) is 3.97. The molecule has 0 fully saturated rings. The van der Waals surface area contributed by atoms with Crippen LogP contribution in [0.4, 0.5) is 4.79 Å². The number of amides is 5. The van der Waals surface area contributed by atoms with E-state index in [2.05, 4.69) is 27.8 Å². The molecule has 9 atom stereocenters. The third kappa shape index (κ3) is 20.6. The van der Waals surface area contributed by atoms with Crippen LogP contribution in [-0.4, -0.2) is 129 Å². The number of benzene rings is 1. The van der Waals surface area contributed by atoms with Gasteiger partial charge in [-0.15, -0.1) is 0 Å². The molecule has 0 saturated heterocycles. The molecule has 5 amide bonds. The van der Waals surface area contributed by atoms with Gasteiger partial charge in [-0.05, 0) is 58.9 Å². The molecule has 67 heavy (non-hydrogen) atoms. The first-order valence-corrected chi connectivity index (χ1v) is 22.3. The highest BCUT2D eigenvalue weighted by Crippen LogP contribution is 2.19. The Bertz CT molecular complexity index is 1890. The third-order valence-corrected chi connectivity index (χ3v) is 10.9. The predicted molar refractivity (Wildman–Crippen MR) is 252 cm³/mol. The summed E-state index contributed by atoms with van der Waals surface area (Å²) in [4.78, 5) is 107. The van der Waals surface area contributed by atoms with Gasteiger partial charge in [0.05, 0.1) is 38.2 Å². The van der Waals surface area contributed by atoms with Crippen molar-refractivity contribution in [2.75, 3.05) is 35.0 Å². The Hall–Kier alpha value is -6.04. The molecular formula is C49H75N5O13. The van der Waals surface area contributed by atoms with E-state index in [9.17, 15) is 38.4 Å². The lowest BCUT2D eigenvalue weighted by atomic mass is 9.94. The van der Waals surface area contributed by atoms with Crippen LogP contribution in [0.5, 0.6) is 0 Å². The van der Waals surface area contributed by atoms with E-state index in [0.717, 1.165) is 30.3 Å². The van der Waals surface area contributed by atoms with Crippen molar-refractivity contribution in [1.82, 2.24) is 26.2 Å². The van der Waals surface area contributed by atoms with E-state index in [-0.39, 0.29) is 37.4 Å². The number of carbonyl (C=O) groups excluding carboxylic acids is 8. The van der Waals surface area contributed by atoms with E-state index in [0.29, 0.717) is 6.42 Å². The minimum Gasteiger partial charge on any atom is -0.467 e. The Balaban J connectivity index is 3.20. The van der Waals surface area contributed by atoms with Gasteiger partial charge in [0.1, 0.15) is 36.4 Å². The van der Waals surface area contributed by atoms with Crippen molar-refractivity contribution in [2.45, 2.75) is 130 Å². The van der Waals surface area contributed by atoms with Crippen molar-refractivity contribution < 1.29 is 62.0 Å². The van der Waals surface area contributed by atoms with Crippen molar-refractivity contribution in [3.8, 4) is 0 Å². The fraction of sp³-hybridized carbons (Fsp3) is 0.592. The zero-order valence-corrected chi connectivity index (χ0v) is 41.8. The number of nitrogens with zero attached hydrogens (tertiary/aromatic N) is 1. The van der Waals surface area contributed by atoms with E-state index in [1.54, 1.807) is 60.8 Å². The summed E-state index contributed by atoms with van der Waals surface area (Å²) in [5.41, 5.74) is 1.13. The number of esters is 3. The van der Waals surface area contributed by atoms with Crippen molar-refractivity contribution in [3.63, 3.8) is 0 Å². The number of methoxy groups -OCH3 is 3. The number of hydrogen-bond acceptors (Lipinski definition) is 13. The second-order valence-corrected chi connectivity index (χ2v) is 17.8. The fourth-order valence-corrected chi connectivity index (χ4v) is 6.59. The quantitative estimate of drug-likeness (QED) is 0.0438. The standard InChI is InChI=1S/C49H75N5O13/c1-16-26-66-47(61)40(29(2)3)52-43(57)33(7)41(46(60)65-15)53-44(58)34(8)54(12)39(55)25-24-37(45(59)64-14)50-42(56)32(6)36(51-48(62)67-49(9,10)11)23-22-30(4)27-31(5)38(63-13)28-35-20-18-17-19-21-35/h16-23,27,29,31-34,36-38,40-41H,1,24-26,28H2,2-15H3,(H,50,56)(H,51,62)(H,52,57)(H,53,58)/b23-22+,30-27+/t31-,32-,33-,34-,36-,37+,38-,40-,41+/m0/s1. The van der Waals surface area contributed by atoms with E-state index in [4.69, 9.17) is 23.7 Å². The largest absolute Gasteiger partial charge is 0.467 e. The summed E-state index contributed by atoms with van der Waals surface area (Å²) in [5.74, 6) is -7.91. The van der Waals surface area contributed by atoms with Gasteiger partial charge in [0.25, 0.3) is 0 Å². The third-order valence-electron chi connectivity index (χ3n) is 10.9. The number of carbonyl (C=O) groups is 8. The maximum Gasteiger partial charge on any atom is 0.408 e. The van der Waals surface area contributed by atoms with Crippen LogP contribution >= 0.6 is 0 Å². The second-order valence-electron chi connectivity index (χ2n) is 17.8. The Labute approximate surface area is 396 Å². The number of hydrogen-bond donors (Lipinski definition) is 4. The first kappa shape index (κ1) is 59.0. The smallest absolute Gasteiger partial charge is 0.408 e. The van der Waals surface area contributed by atoms with Gasteiger partial charge in [0.15, 0.2) is 0 Å². The second kappa shape index (κ2) is 28.9. The summed E-state index contributed by atoms with van der Waals surface area (Å²) in [6.07, 6.45) is 6.07. The number of alkyl carbamates (subject to hydrolysis) is 1. The van der Waals surface area contributed by atoms with E-state index in [1.807, 2.05) is 50.3 Å². The van der Waals surface area contributed by atoms with Crippen LogP contribution in [0.1, 0.15) is 87.6 Å². The van der Waals surface area contributed by atoms with Crippen molar-refractivity contribution >= 4 is 47.6 Å². The molecule has 0 saturated carbocycles. The highest BCUT2D eigenvalue weighted by atomic mass is 16.6. The minimum atomic E-state index is -1.51. The van der Waals surface area contributed by atoms with Gasteiger partial charge >= 0.3 is 24.0 Å². The van der Waals surface area contributed by atoms with Gasteiger partial charge in [-0.2, -0.15) is 0 Å². The monoisotopic (exact) mass is 942 g/mol. The molecule has 18 heteroatoms. The molecule has 0 aliphatic rings. The molecule has 0 aliphatic carbocycles. The van der Waals surface area contributed by atoms with Gasteiger partial charge in [-0.1, -0.05) is 101 Å². The Morgan fingerprint density at radius 2 is 1.34 bits per heavy atom. The Morgan fingerprint density at radius 3 is 1.88 bits per heavy atom. The van der Waals surface area contributed by atoms with Crippen LogP contribution in [-0.2, 0) is 63.7 Å². The lowest BCUT2D eigenvalue weighted by Gasteiger charge is -2.29. The summed E-state index contributed by atoms with van der Waals surface area (Å²) >= 11 is 0. The van der Waals surface area contributed by atoms with E-state index >= 15 is 0 Å². The number of allylic oxidation sites excluding steroid dienone is 2. The number of rotatable bonds is 26. The molecule has 0 heterocycles. The van der Waals surface area contributed by atoms with Crippen LogP contribution in [0, 0.1) is 23.7 Å². The molecule has 1 rings (SSSR count). The van der Waals surface area contributed by atoms with Crippen LogP contribution in [0.15, 0.2) is 66.8 Å². The van der Waals surface area contributed by atoms with Gasteiger partial charge in [0.2, 0.25) is 23.6 Å². The molecule has 1 aromatic rings. The molecule has 1 aromatic carbocycles. The highest BCUT2D eigenvalue weighted by molar-refractivity contribution is 5.95. The maximum atomic E-state index is 13.8. The normalized spacial score (nSPS) is 15.8. The molecule has 0 unspecified atom stereocenters. The first-order chi connectivity index (χ1) is 31.3. The number of ether oxygens (including phenoxy) is 5. The molecule has 0 aliphatic heterocycles. The van der Waals surface area contributed by atoms with E-state index in [1.165, 1.54) is 27.0 Å². The zero-order chi connectivity index (χ0) is 51.2. The summed E-state index contributed by atoms with van der Waals surface area (Å²) < 4.78 is 26.2. The highest BCUT2D eigenvalue weighted by Gasteiger charge is 2.38. The van der Waals surface area contributed by atoms with E-state index < -0.39 is 95.3 Å². The topological polar surface area (TPSA) is 234 Å². The van der Waals surface area contributed by atoms with Gasteiger partial charge in [-0.3, -0.25) is 19.2 Å². The van der Waals surface area contributed by atoms with Crippen LogP contribution in [0.2, 0.25) is 0 Å². The van der Waals surface area contributed by atoms with Crippen molar-refractivity contribution in [1.29, 1.82) is 0 Å². The van der Waals surface area contributed by atoms with Gasteiger partial charge in [0, 0.05) is 26.5 Å². The van der Waals surface area contributed by atoms with Crippen LogP contribution < -0.4 is 21.3 Å². The SMILES string of the molecule is C=CCOC(=O)[C@@H](NC(=O)[C@@H](C)[C@@H](NC(=O)[C@H](C)N(C)C(=O)CC[C@@H](NC(=O)[C@@H](C)[C@H](/C=C/C(C)=C/[C@H](C)[C@H](Cc1ccccc1)OC)NC(=O)OC(C)(C)C)C(=O)OC)C(=O)OC)C(C)C. The average molecular weight is 942 g/mol.